The molecule has 2 aromatic rings. The first kappa shape index (κ1) is 22.6. The number of carbonyl (C=O) groups excluding carboxylic acids is 1. The predicted molar refractivity (Wildman–Crippen MR) is 107 cm³/mol. The molecule has 0 aliphatic carbocycles. The van der Waals surface area contributed by atoms with Gasteiger partial charge in [0.05, 0.1) is 6.42 Å². The van der Waals surface area contributed by atoms with Gasteiger partial charge in [-0.25, -0.2) is 4.98 Å². The van der Waals surface area contributed by atoms with Gasteiger partial charge >= 0.3 is 6.18 Å². The van der Waals surface area contributed by atoms with Crippen molar-refractivity contribution in [1.82, 2.24) is 9.97 Å². The standard InChI is InChI=1S/C21H26F3N3O2/c1-20(2,3)15(14-8-6-13(7-9-14)12-21(22,23)24)10-17(28)16-11-18(29)26-19(25-16)27(4)5/h6-9,11,15H,10,12H2,1-5H3,(H,25,26,29)/t15-/m0/s1. The second kappa shape index (κ2) is 8.39. The maximum Gasteiger partial charge on any atom is 0.393 e. The highest BCUT2D eigenvalue weighted by Gasteiger charge is 2.31. The third-order valence-electron chi connectivity index (χ3n) is 4.66. The predicted octanol–water partition coefficient (Wildman–Crippen LogP) is 4.34. The fourth-order valence-electron chi connectivity index (χ4n) is 3.11. The van der Waals surface area contributed by atoms with Crippen LogP contribution in [0, 0.1) is 5.41 Å². The summed E-state index contributed by atoms with van der Waals surface area (Å²) in [5.41, 5.74) is 0.269. The monoisotopic (exact) mass is 409 g/mol. The highest BCUT2D eigenvalue weighted by atomic mass is 19.4. The Balaban J connectivity index is 2.30. The molecule has 8 heteroatoms. The molecule has 0 aliphatic rings. The second-order valence-electron chi connectivity index (χ2n) is 8.43. The van der Waals surface area contributed by atoms with Gasteiger partial charge in [0.1, 0.15) is 5.69 Å². The number of aromatic amines is 1. The summed E-state index contributed by atoms with van der Waals surface area (Å²) < 4.78 is 37.8. The van der Waals surface area contributed by atoms with Crippen LogP contribution in [0.15, 0.2) is 35.1 Å². The third kappa shape index (κ3) is 6.44. The summed E-state index contributed by atoms with van der Waals surface area (Å²) in [6.45, 7) is 5.89. The molecule has 1 aromatic carbocycles. The average molecular weight is 409 g/mol. The molecule has 0 unspecified atom stereocenters. The molecule has 29 heavy (non-hydrogen) atoms. The fourth-order valence-corrected chi connectivity index (χ4v) is 3.11. The first-order valence-electron chi connectivity index (χ1n) is 9.24. The number of alkyl halides is 3. The average Bonchev–Trinajstić information content (AvgIpc) is 2.57. The number of anilines is 1. The molecule has 1 N–H and O–H groups in total. The molecule has 5 nitrogen and oxygen atoms in total. The first-order valence-corrected chi connectivity index (χ1v) is 9.24. The van der Waals surface area contributed by atoms with Crippen molar-refractivity contribution in [2.45, 2.75) is 45.7 Å². The number of halogens is 3. The Bertz CT molecular complexity index is 910. The van der Waals surface area contributed by atoms with Crippen LogP contribution in [0.1, 0.15) is 54.7 Å². The lowest BCUT2D eigenvalue weighted by atomic mass is 9.73. The molecule has 0 spiro atoms. The van der Waals surface area contributed by atoms with Crippen molar-refractivity contribution in [3.8, 4) is 0 Å². The Morgan fingerprint density at radius 1 is 1.14 bits per heavy atom. The zero-order valence-corrected chi connectivity index (χ0v) is 17.2. The minimum atomic E-state index is -4.27. The van der Waals surface area contributed by atoms with Gasteiger partial charge in [0.25, 0.3) is 5.56 Å². The van der Waals surface area contributed by atoms with Crippen LogP contribution in [0.25, 0.3) is 0 Å². The summed E-state index contributed by atoms with van der Waals surface area (Å²) in [6, 6.07) is 7.34. The van der Waals surface area contributed by atoms with Gasteiger partial charge < -0.3 is 4.90 Å². The SMILES string of the molecule is CN(C)c1nc(C(=O)C[C@@H](c2ccc(CC(F)(F)F)cc2)C(C)(C)C)cc(=O)[nH]1. The number of benzene rings is 1. The number of carbonyl (C=O) groups is 1. The van der Waals surface area contributed by atoms with E-state index in [2.05, 4.69) is 9.97 Å². The van der Waals surface area contributed by atoms with Crippen LogP contribution in [0.4, 0.5) is 19.1 Å². The number of nitrogens with zero attached hydrogens (tertiary/aromatic N) is 2. The largest absolute Gasteiger partial charge is 0.393 e. The van der Waals surface area contributed by atoms with Crippen LogP contribution in [0.2, 0.25) is 0 Å². The summed E-state index contributed by atoms with van der Waals surface area (Å²) >= 11 is 0. The molecule has 0 saturated carbocycles. The minimum Gasteiger partial charge on any atom is -0.348 e. The molecular formula is C21H26F3N3O2. The molecule has 0 fully saturated rings. The zero-order valence-electron chi connectivity index (χ0n) is 17.2. The van der Waals surface area contributed by atoms with Gasteiger partial charge in [0, 0.05) is 26.6 Å². The number of ketones is 1. The number of hydrogen-bond donors (Lipinski definition) is 1. The molecule has 0 aliphatic heterocycles. The summed E-state index contributed by atoms with van der Waals surface area (Å²) in [6.07, 6.45) is -5.17. The van der Waals surface area contributed by atoms with Crippen molar-refractivity contribution in [2.75, 3.05) is 19.0 Å². The van der Waals surface area contributed by atoms with Crippen molar-refractivity contribution >= 4 is 11.7 Å². The Kier molecular flexibility index (Phi) is 6.55. The van der Waals surface area contributed by atoms with E-state index in [9.17, 15) is 22.8 Å². The number of aromatic nitrogens is 2. The smallest absolute Gasteiger partial charge is 0.348 e. The number of hydrogen-bond acceptors (Lipinski definition) is 4. The van der Waals surface area contributed by atoms with Crippen LogP contribution < -0.4 is 10.5 Å². The van der Waals surface area contributed by atoms with Crippen LogP contribution in [0.5, 0.6) is 0 Å². The van der Waals surface area contributed by atoms with Gasteiger partial charge in [-0.1, -0.05) is 45.0 Å². The van der Waals surface area contributed by atoms with Crippen LogP contribution in [0.3, 0.4) is 0 Å². The van der Waals surface area contributed by atoms with E-state index in [-0.39, 0.29) is 40.7 Å². The van der Waals surface area contributed by atoms with Crippen LogP contribution in [-0.2, 0) is 6.42 Å². The van der Waals surface area contributed by atoms with Crippen LogP contribution in [-0.4, -0.2) is 36.0 Å². The molecule has 0 bridgehead atoms. The summed E-state index contributed by atoms with van der Waals surface area (Å²) in [4.78, 5) is 33.1. The number of rotatable bonds is 6. The Morgan fingerprint density at radius 2 is 1.72 bits per heavy atom. The van der Waals surface area contributed by atoms with E-state index in [0.717, 1.165) is 5.56 Å². The lowest BCUT2D eigenvalue weighted by molar-refractivity contribution is -0.127. The Hall–Kier alpha value is -2.64. The summed E-state index contributed by atoms with van der Waals surface area (Å²) in [5.74, 6) is -0.262. The van der Waals surface area contributed by atoms with Crippen molar-refractivity contribution in [2.24, 2.45) is 5.41 Å². The lowest BCUT2D eigenvalue weighted by Gasteiger charge is -2.31. The molecule has 158 valence electrons. The van der Waals surface area contributed by atoms with E-state index in [4.69, 9.17) is 0 Å². The summed E-state index contributed by atoms with van der Waals surface area (Å²) in [5, 5.41) is 0. The first-order chi connectivity index (χ1) is 13.3. The highest BCUT2D eigenvalue weighted by molar-refractivity contribution is 5.95. The molecule has 2 rings (SSSR count). The maximum atomic E-state index is 12.9. The Morgan fingerprint density at radius 3 is 2.21 bits per heavy atom. The van der Waals surface area contributed by atoms with E-state index >= 15 is 0 Å². The fraction of sp³-hybridized carbons (Fsp3) is 0.476. The third-order valence-corrected chi connectivity index (χ3v) is 4.66. The van der Waals surface area contributed by atoms with Gasteiger partial charge in [0.15, 0.2) is 5.78 Å². The van der Waals surface area contributed by atoms with E-state index in [1.165, 1.54) is 18.2 Å². The quantitative estimate of drug-likeness (QED) is 0.721. The number of H-pyrrole nitrogens is 1. The molecular weight excluding hydrogens is 383 g/mol. The number of Topliss-reactive ketones (excluding diaryl/α,β-unsaturated/α-hetero) is 1. The zero-order chi connectivity index (χ0) is 22.0. The maximum absolute atomic E-state index is 12.9. The molecule has 0 radical (unpaired) electrons. The summed E-state index contributed by atoms with van der Waals surface area (Å²) in [7, 11) is 3.40. The molecule has 1 atom stereocenters. The van der Waals surface area contributed by atoms with Crippen molar-refractivity contribution < 1.29 is 18.0 Å². The molecule has 0 saturated heterocycles. The van der Waals surface area contributed by atoms with Gasteiger partial charge in [0.2, 0.25) is 5.95 Å². The van der Waals surface area contributed by atoms with Gasteiger partial charge in [-0.15, -0.1) is 0 Å². The van der Waals surface area contributed by atoms with E-state index < -0.39 is 18.2 Å². The minimum absolute atomic E-state index is 0.0698. The van der Waals surface area contributed by atoms with Crippen molar-refractivity contribution in [3.05, 3.63) is 57.5 Å². The van der Waals surface area contributed by atoms with Crippen LogP contribution >= 0.6 is 0 Å². The van der Waals surface area contributed by atoms with Crippen molar-refractivity contribution in [3.63, 3.8) is 0 Å². The number of nitrogens with one attached hydrogen (secondary N) is 1. The molecule has 1 aromatic heterocycles. The van der Waals surface area contributed by atoms with Gasteiger partial charge in [-0.05, 0) is 22.5 Å². The highest BCUT2D eigenvalue weighted by Crippen LogP contribution is 2.38. The molecule has 1 heterocycles. The van der Waals surface area contributed by atoms with Gasteiger partial charge in [-0.2, -0.15) is 13.2 Å². The van der Waals surface area contributed by atoms with Crippen molar-refractivity contribution in [1.29, 1.82) is 0 Å². The Labute approximate surface area is 168 Å². The van der Waals surface area contributed by atoms with Gasteiger partial charge in [-0.3, -0.25) is 14.6 Å². The lowest BCUT2D eigenvalue weighted by Crippen LogP contribution is -2.24. The topological polar surface area (TPSA) is 66.1 Å². The van der Waals surface area contributed by atoms with E-state index in [1.54, 1.807) is 31.1 Å². The second-order valence-corrected chi connectivity index (χ2v) is 8.43. The molecule has 0 amide bonds. The van der Waals surface area contributed by atoms with E-state index in [0.29, 0.717) is 0 Å². The normalized spacial score (nSPS) is 13.2. The van der Waals surface area contributed by atoms with E-state index in [1.807, 2.05) is 20.8 Å².